The number of carbonyl (C=O) groups excluding carboxylic acids is 1. The highest BCUT2D eigenvalue weighted by atomic mass is 16.2. The Morgan fingerprint density at radius 1 is 1.59 bits per heavy atom. The first kappa shape index (κ1) is 11.6. The maximum atomic E-state index is 11.5. The van der Waals surface area contributed by atoms with Gasteiger partial charge in [0.2, 0.25) is 0 Å². The van der Waals surface area contributed by atoms with Crippen LogP contribution in [-0.4, -0.2) is 34.0 Å². The van der Waals surface area contributed by atoms with Crippen LogP contribution in [-0.2, 0) is 11.2 Å². The molecule has 90 valence electrons. The number of benzene rings is 1. The van der Waals surface area contributed by atoms with Crippen molar-refractivity contribution in [3.63, 3.8) is 0 Å². The number of fused-ring (bicyclic) bond motifs is 1. The van der Waals surface area contributed by atoms with Gasteiger partial charge in [-0.25, -0.2) is 10.8 Å². The predicted octanol–water partition coefficient (Wildman–Crippen LogP) is -0.235. The van der Waals surface area contributed by atoms with E-state index in [9.17, 15) is 4.79 Å². The van der Waals surface area contributed by atoms with Crippen LogP contribution in [0, 0.1) is 0 Å². The second kappa shape index (κ2) is 4.52. The zero-order chi connectivity index (χ0) is 12.4. The minimum Gasteiger partial charge on any atom is -0.345 e. The van der Waals surface area contributed by atoms with E-state index in [4.69, 9.17) is 11.6 Å². The van der Waals surface area contributed by atoms with Gasteiger partial charge in [0.25, 0.3) is 5.91 Å². The molecule has 0 aliphatic heterocycles. The zero-order valence-corrected chi connectivity index (χ0v) is 9.55. The second-order valence-electron chi connectivity index (χ2n) is 4.01. The smallest absolute Gasteiger partial charge is 0.253 e. The van der Waals surface area contributed by atoms with E-state index in [2.05, 4.69) is 9.97 Å². The Kier molecular flexibility index (Phi) is 3.08. The molecule has 0 bridgehead atoms. The van der Waals surface area contributed by atoms with Crippen LogP contribution in [0.2, 0.25) is 0 Å². The Balaban J connectivity index is 2.15. The second-order valence-corrected chi connectivity index (χ2v) is 4.01. The summed E-state index contributed by atoms with van der Waals surface area (Å²) in [4.78, 5) is 18.7. The van der Waals surface area contributed by atoms with Gasteiger partial charge < -0.3 is 10.7 Å². The lowest BCUT2D eigenvalue weighted by Crippen LogP contribution is -2.46. The largest absolute Gasteiger partial charge is 0.345 e. The molecule has 0 saturated carbocycles. The molecule has 2 aromatic rings. The molecule has 6 heteroatoms. The van der Waals surface area contributed by atoms with E-state index in [1.54, 1.807) is 6.33 Å². The minimum absolute atomic E-state index is 0.283. The van der Waals surface area contributed by atoms with E-state index in [0.29, 0.717) is 6.42 Å². The number of imidazole rings is 1. The van der Waals surface area contributed by atoms with Crippen molar-refractivity contribution >= 4 is 16.9 Å². The fraction of sp³-hybridized carbons (Fsp3) is 0.273. The van der Waals surface area contributed by atoms with Crippen LogP contribution in [0.1, 0.15) is 5.56 Å². The van der Waals surface area contributed by atoms with Gasteiger partial charge in [-0.1, -0.05) is 6.07 Å². The summed E-state index contributed by atoms with van der Waals surface area (Å²) >= 11 is 0. The Bertz CT molecular complexity index is 533. The van der Waals surface area contributed by atoms with Crippen LogP contribution < -0.4 is 11.6 Å². The van der Waals surface area contributed by atoms with Crippen LogP contribution in [0.15, 0.2) is 24.5 Å². The predicted molar refractivity (Wildman–Crippen MR) is 64.7 cm³/mol. The third kappa shape index (κ3) is 2.43. The topological polar surface area (TPSA) is 101 Å². The molecule has 1 unspecified atom stereocenters. The first-order valence-corrected chi connectivity index (χ1v) is 5.28. The molecule has 0 spiro atoms. The summed E-state index contributed by atoms with van der Waals surface area (Å²) in [7, 11) is 1.49. The fourth-order valence-electron chi connectivity index (χ4n) is 1.71. The summed E-state index contributed by atoms with van der Waals surface area (Å²) < 4.78 is 0. The summed E-state index contributed by atoms with van der Waals surface area (Å²) in [5, 5.41) is 1.01. The molecule has 0 aliphatic carbocycles. The number of nitrogens with zero attached hydrogens (tertiary/aromatic N) is 2. The van der Waals surface area contributed by atoms with E-state index >= 15 is 0 Å². The maximum absolute atomic E-state index is 11.5. The van der Waals surface area contributed by atoms with Gasteiger partial charge in [-0.05, 0) is 24.1 Å². The van der Waals surface area contributed by atoms with Crippen molar-refractivity contribution < 1.29 is 4.79 Å². The third-order valence-corrected chi connectivity index (χ3v) is 2.61. The molecular weight excluding hydrogens is 218 g/mol. The van der Waals surface area contributed by atoms with Crippen molar-refractivity contribution in [2.75, 3.05) is 7.05 Å². The van der Waals surface area contributed by atoms with Crippen LogP contribution in [0.25, 0.3) is 11.0 Å². The van der Waals surface area contributed by atoms with E-state index in [0.717, 1.165) is 21.6 Å². The molecule has 6 nitrogen and oxygen atoms in total. The van der Waals surface area contributed by atoms with E-state index < -0.39 is 6.04 Å². The first-order valence-electron chi connectivity index (χ1n) is 5.28. The molecule has 0 fully saturated rings. The minimum atomic E-state index is -0.620. The highest BCUT2D eigenvalue weighted by Crippen LogP contribution is 2.12. The molecule has 5 N–H and O–H groups in total. The van der Waals surface area contributed by atoms with Crippen molar-refractivity contribution in [3.05, 3.63) is 30.1 Å². The SMILES string of the molecule is CN(N)C(=O)C(N)Cc1ccc2nc[nH]c2c1. The molecule has 1 aromatic carbocycles. The van der Waals surface area contributed by atoms with Crippen LogP contribution in [0.4, 0.5) is 0 Å². The average Bonchev–Trinajstić information content (AvgIpc) is 2.74. The molecule has 1 aromatic heterocycles. The van der Waals surface area contributed by atoms with E-state index in [-0.39, 0.29) is 5.91 Å². The zero-order valence-electron chi connectivity index (χ0n) is 9.55. The summed E-state index contributed by atoms with van der Waals surface area (Å²) in [5.41, 5.74) is 8.58. The number of rotatable bonds is 3. The van der Waals surface area contributed by atoms with Gasteiger partial charge >= 0.3 is 0 Å². The first-order chi connectivity index (χ1) is 8.08. The number of nitrogens with one attached hydrogen (secondary N) is 1. The Labute approximate surface area is 98.6 Å². The number of likely N-dealkylation sites (N-methyl/N-ethyl adjacent to an activating group) is 1. The van der Waals surface area contributed by atoms with Crippen molar-refractivity contribution in [1.29, 1.82) is 0 Å². The van der Waals surface area contributed by atoms with Gasteiger partial charge in [-0.15, -0.1) is 0 Å². The monoisotopic (exact) mass is 233 g/mol. The van der Waals surface area contributed by atoms with Gasteiger partial charge in [0.15, 0.2) is 0 Å². The molecule has 1 heterocycles. The molecule has 1 atom stereocenters. The number of H-pyrrole nitrogens is 1. The number of aromatic nitrogens is 2. The number of amides is 1. The summed E-state index contributed by atoms with van der Waals surface area (Å²) in [6.07, 6.45) is 2.09. The highest BCUT2D eigenvalue weighted by molar-refractivity contribution is 5.81. The molecule has 0 radical (unpaired) electrons. The maximum Gasteiger partial charge on any atom is 0.253 e. The number of aromatic amines is 1. The highest BCUT2D eigenvalue weighted by Gasteiger charge is 2.16. The molecular formula is C11H15N5O. The molecule has 17 heavy (non-hydrogen) atoms. The van der Waals surface area contributed by atoms with Crippen LogP contribution in [0.3, 0.4) is 0 Å². The number of hydrazine groups is 1. The Morgan fingerprint density at radius 2 is 2.35 bits per heavy atom. The molecule has 0 aliphatic rings. The summed E-state index contributed by atoms with van der Waals surface area (Å²) in [6, 6.07) is 5.12. The van der Waals surface area contributed by atoms with Crippen molar-refractivity contribution in [2.45, 2.75) is 12.5 Å². The lowest BCUT2D eigenvalue weighted by atomic mass is 10.1. The number of hydrogen-bond acceptors (Lipinski definition) is 4. The molecule has 1 amide bonds. The standard InChI is InChI=1S/C11H15N5O/c1-16(13)11(17)8(12)4-7-2-3-9-10(5-7)15-6-14-9/h2-3,5-6,8H,4,12-13H2,1H3,(H,14,15). The van der Waals surface area contributed by atoms with Crippen LogP contribution in [0.5, 0.6) is 0 Å². The average molecular weight is 233 g/mol. The summed E-state index contributed by atoms with van der Waals surface area (Å²) in [5.74, 6) is 5.07. The van der Waals surface area contributed by atoms with Gasteiger partial charge in [-0.3, -0.25) is 9.80 Å². The lowest BCUT2D eigenvalue weighted by molar-refractivity contribution is -0.131. The van der Waals surface area contributed by atoms with Gasteiger partial charge in [-0.2, -0.15) is 0 Å². The van der Waals surface area contributed by atoms with E-state index in [1.165, 1.54) is 7.05 Å². The Hall–Kier alpha value is -1.92. The number of carbonyl (C=O) groups is 1. The number of hydrogen-bond donors (Lipinski definition) is 3. The lowest BCUT2D eigenvalue weighted by Gasteiger charge is -2.16. The van der Waals surface area contributed by atoms with Crippen molar-refractivity contribution in [3.8, 4) is 0 Å². The quantitative estimate of drug-likeness (QED) is 0.387. The Morgan fingerprint density at radius 3 is 3.06 bits per heavy atom. The van der Waals surface area contributed by atoms with Gasteiger partial charge in [0.05, 0.1) is 23.4 Å². The fourth-order valence-corrected chi connectivity index (χ4v) is 1.71. The number of nitrogens with two attached hydrogens (primary N) is 2. The van der Waals surface area contributed by atoms with Crippen molar-refractivity contribution in [1.82, 2.24) is 15.0 Å². The van der Waals surface area contributed by atoms with Crippen LogP contribution >= 0.6 is 0 Å². The van der Waals surface area contributed by atoms with E-state index in [1.807, 2.05) is 18.2 Å². The van der Waals surface area contributed by atoms with Crippen molar-refractivity contribution in [2.24, 2.45) is 11.6 Å². The molecule has 0 saturated heterocycles. The summed E-state index contributed by atoms with van der Waals surface area (Å²) in [6.45, 7) is 0. The third-order valence-electron chi connectivity index (χ3n) is 2.61. The van der Waals surface area contributed by atoms with Gasteiger partial charge in [0.1, 0.15) is 0 Å². The van der Waals surface area contributed by atoms with Gasteiger partial charge in [0, 0.05) is 7.05 Å². The molecule has 2 rings (SSSR count). The normalized spacial score (nSPS) is 12.6.